The molecule has 5 nitrogen and oxygen atoms in total. The Hall–Kier alpha value is -1.06. The first-order valence-electron chi connectivity index (χ1n) is 7.24. The van der Waals surface area contributed by atoms with Crippen molar-refractivity contribution in [2.45, 2.75) is 78.4 Å². The number of nitriles is 1. The molecule has 0 aliphatic carbocycles. The molecule has 1 unspecified atom stereocenters. The van der Waals surface area contributed by atoms with Gasteiger partial charge < -0.3 is 9.16 Å². The van der Waals surface area contributed by atoms with Gasteiger partial charge >= 0.3 is 6.09 Å². The van der Waals surface area contributed by atoms with Gasteiger partial charge in [-0.15, -0.1) is 0 Å². The van der Waals surface area contributed by atoms with Crippen molar-refractivity contribution in [3.05, 3.63) is 0 Å². The number of carbonyl (C=O) groups excluding carboxylic acids is 1. The minimum Gasteiger partial charge on any atom is -0.444 e. The molecule has 0 rings (SSSR count). The molecule has 0 bridgehead atoms. The number of hydrogen-bond donors (Lipinski definition) is 0. The van der Waals surface area contributed by atoms with E-state index in [1.165, 1.54) is 0 Å². The fraction of sp³-hybridized carbons (Fsp3) is 0.867. The number of hydrogen-bond acceptors (Lipinski definition) is 4. The first-order chi connectivity index (χ1) is 9.15. The number of amides is 1. The highest BCUT2D eigenvalue weighted by Gasteiger charge is 2.34. The smallest absolute Gasteiger partial charge is 0.410 e. The molecule has 0 aromatic rings. The van der Waals surface area contributed by atoms with Gasteiger partial charge in [-0.25, -0.2) is 4.79 Å². The molecule has 0 aliphatic rings. The van der Waals surface area contributed by atoms with Crippen molar-refractivity contribution in [3.8, 4) is 6.07 Å². The second-order valence-electron chi connectivity index (χ2n) is 8.11. The molecule has 0 fully saturated rings. The minimum atomic E-state index is -1.85. The lowest BCUT2D eigenvalue weighted by Gasteiger charge is -2.38. The maximum atomic E-state index is 12.4. The third-order valence-corrected chi connectivity index (χ3v) is 3.40. The molecule has 0 spiro atoms. The van der Waals surface area contributed by atoms with Crippen LogP contribution in [0.5, 0.6) is 0 Å². The first kappa shape index (κ1) is 19.9. The van der Waals surface area contributed by atoms with Crippen LogP contribution in [-0.2, 0) is 9.16 Å². The number of nitrogens with zero attached hydrogens (tertiary/aromatic N) is 2. The maximum Gasteiger partial charge on any atom is 0.410 e. The summed E-state index contributed by atoms with van der Waals surface area (Å²) in [5.41, 5.74) is -1.01. The normalized spacial score (nSPS) is 14.3. The SMILES string of the molecule is CC(C)(C)OC(=O)N(CC(C#N)O[Si](C)(C)C)C(C)(C)C. The summed E-state index contributed by atoms with van der Waals surface area (Å²) in [7, 11) is -1.85. The molecule has 0 aliphatic heterocycles. The molecular formula is C15H30N2O3Si. The topological polar surface area (TPSA) is 62.6 Å². The predicted octanol–water partition coefficient (Wildman–Crippen LogP) is 3.77. The van der Waals surface area contributed by atoms with E-state index < -0.39 is 31.7 Å². The lowest BCUT2D eigenvalue weighted by Crippen LogP contribution is -2.52. The highest BCUT2D eigenvalue weighted by atomic mass is 28.4. The maximum absolute atomic E-state index is 12.4. The predicted molar refractivity (Wildman–Crippen MR) is 86.5 cm³/mol. The Labute approximate surface area is 130 Å². The summed E-state index contributed by atoms with van der Waals surface area (Å²) < 4.78 is 11.3. The van der Waals surface area contributed by atoms with Crippen LogP contribution in [0.15, 0.2) is 0 Å². The van der Waals surface area contributed by atoms with E-state index in [0.29, 0.717) is 0 Å². The Morgan fingerprint density at radius 3 is 1.95 bits per heavy atom. The number of rotatable bonds is 4. The summed E-state index contributed by atoms with van der Waals surface area (Å²) in [5, 5.41) is 9.29. The van der Waals surface area contributed by atoms with Gasteiger partial charge in [0.2, 0.25) is 0 Å². The van der Waals surface area contributed by atoms with E-state index in [0.717, 1.165) is 0 Å². The van der Waals surface area contributed by atoms with Crippen LogP contribution in [0.4, 0.5) is 4.79 Å². The summed E-state index contributed by atoms with van der Waals surface area (Å²) >= 11 is 0. The fourth-order valence-corrected chi connectivity index (χ4v) is 2.62. The van der Waals surface area contributed by atoms with Crippen LogP contribution in [0.2, 0.25) is 19.6 Å². The van der Waals surface area contributed by atoms with Gasteiger partial charge in [0.25, 0.3) is 0 Å². The summed E-state index contributed by atoms with van der Waals surface area (Å²) in [4.78, 5) is 13.9. The highest BCUT2D eigenvalue weighted by molar-refractivity contribution is 6.69. The van der Waals surface area contributed by atoms with Gasteiger partial charge in [-0.1, -0.05) is 0 Å². The second kappa shape index (κ2) is 6.80. The van der Waals surface area contributed by atoms with E-state index in [4.69, 9.17) is 9.16 Å². The van der Waals surface area contributed by atoms with Gasteiger partial charge in [-0.3, -0.25) is 4.90 Å². The Balaban J connectivity index is 5.11. The Morgan fingerprint density at radius 2 is 1.67 bits per heavy atom. The Bertz CT molecular complexity index is 397. The van der Waals surface area contributed by atoms with E-state index >= 15 is 0 Å². The van der Waals surface area contributed by atoms with Crippen LogP contribution in [0.1, 0.15) is 41.5 Å². The molecule has 1 amide bonds. The van der Waals surface area contributed by atoms with Crippen molar-refractivity contribution < 1.29 is 14.0 Å². The van der Waals surface area contributed by atoms with Crippen molar-refractivity contribution in [1.29, 1.82) is 5.26 Å². The van der Waals surface area contributed by atoms with E-state index in [2.05, 4.69) is 6.07 Å². The summed E-state index contributed by atoms with van der Waals surface area (Å²) in [5.74, 6) is 0. The average Bonchev–Trinajstić information content (AvgIpc) is 2.17. The highest BCUT2D eigenvalue weighted by Crippen LogP contribution is 2.20. The standard InChI is InChI=1S/C15H30N2O3Si/c1-14(2,3)17(13(18)19-15(4,5)6)11-12(10-16)20-21(7,8)9/h12H,11H2,1-9H3. The van der Waals surface area contributed by atoms with Gasteiger partial charge in [0.05, 0.1) is 12.6 Å². The zero-order chi connectivity index (χ0) is 17.1. The molecule has 0 N–H and O–H groups in total. The van der Waals surface area contributed by atoms with E-state index in [-0.39, 0.29) is 6.54 Å². The van der Waals surface area contributed by atoms with Crippen LogP contribution in [0, 0.1) is 11.3 Å². The lowest BCUT2D eigenvalue weighted by molar-refractivity contribution is -0.00122. The monoisotopic (exact) mass is 314 g/mol. The summed E-state index contributed by atoms with van der Waals surface area (Å²) in [6.45, 7) is 17.5. The largest absolute Gasteiger partial charge is 0.444 e. The van der Waals surface area contributed by atoms with Crippen molar-refractivity contribution in [3.63, 3.8) is 0 Å². The van der Waals surface area contributed by atoms with Crippen molar-refractivity contribution in [2.75, 3.05) is 6.54 Å². The van der Waals surface area contributed by atoms with Gasteiger partial charge in [-0.2, -0.15) is 5.26 Å². The quantitative estimate of drug-likeness (QED) is 0.741. The van der Waals surface area contributed by atoms with Crippen LogP contribution in [-0.4, -0.2) is 43.1 Å². The van der Waals surface area contributed by atoms with Crippen molar-refractivity contribution in [2.24, 2.45) is 0 Å². The zero-order valence-electron chi connectivity index (χ0n) is 14.9. The third-order valence-electron chi connectivity index (χ3n) is 2.41. The van der Waals surface area contributed by atoms with Crippen molar-refractivity contribution in [1.82, 2.24) is 4.90 Å². The molecule has 0 heterocycles. The van der Waals surface area contributed by atoms with E-state index in [1.54, 1.807) is 4.90 Å². The van der Waals surface area contributed by atoms with E-state index in [1.807, 2.05) is 61.2 Å². The summed E-state index contributed by atoms with van der Waals surface area (Å²) in [6, 6.07) is 2.14. The minimum absolute atomic E-state index is 0.208. The molecular weight excluding hydrogens is 284 g/mol. The number of carbonyl (C=O) groups is 1. The Morgan fingerprint density at radius 1 is 1.19 bits per heavy atom. The van der Waals surface area contributed by atoms with Crippen LogP contribution >= 0.6 is 0 Å². The Kier molecular flexibility index (Phi) is 6.45. The van der Waals surface area contributed by atoms with Crippen molar-refractivity contribution >= 4 is 14.4 Å². The molecule has 0 saturated heterocycles. The molecule has 122 valence electrons. The van der Waals surface area contributed by atoms with Gasteiger partial charge in [0.15, 0.2) is 14.4 Å². The first-order valence-corrected chi connectivity index (χ1v) is 10.6. The number of ether oxygens (including phenoxy) is 1. The van der Waals surface area contributed by atoms with Crippen LogP contribution < -0.4 is 0 Å². The zero-order valence-corrected chi connectivity index (χ0v) is 15.9. The van der Waals surface area contributed by atoms with Gasteiger partial charge in [0, 0.05) is 5.54 Å². The van der Waals surface area contributed by atoms with Crippen LogP contribution in [0.3, 0.4) is 0 Å². The van der Waals surface area contributed by atoms with Crippen LogP contribution in [0.25, 0.3) is 0 Å². The molecule has 1 atom stereocenters. The molecule has 0 radical (unpaired) electrons. The third kappa shape index (κ3) is 8.74. The summed E-state index contributed by atoms with van der Waals surface area (Å²) in [6.07, 6.45) is -1.06. The molecule has 6 heteroatoms. The molecule has 21 heavy (non-hydrogen) atoms. The molecule has 0 saturated carbocycles. The van der Waals surface area contributed by atoms with Gasteiger partial charge in [-0.05, 0) is 61.2 Å². The fourth-order valence-electron chi connectivity index (χ4n) is 1.64. The molecule has 0 aromatic heterocycles. The molecule has 0 aromatic carbocycles. The second-order valence-corrected chi connectivity index (χ2v) is 12.6. The lowest BCUT2D eigenvalue weighted by atomic mass is 10.1. The average molecular weight is 315 g/mol. The van der Waals surface area contributed by atoms with Gasteiger partial charge in [0.1, 0.15) is 5.60 Å². The van der Waals surface area contributed by atoms with E-state index in [9.17, 15) is 10.1 Å².